The van der Waals surface area contributed by atoms with E-state index in [4.69, 9.17) is 0 Å². The topological polar surface area (TPSA) is 58.2 Å². The van der Waals surface area contributed by atoms with Crippen LogP contribution >= 0.6 is 15.9 Å². The first-order chi connectivity index (χ1) is 12.5. The molecule has 1 unspecified atom stereocenters. The lowest BCUT2D eigenvalue weighted by atomic mass is 10.0. The molecule has 26 heavy (non-hydrogen) atoms. The lowest BCUT2D eigenvalue weighted by molar-refractivity contribution is -0.121. The molecule has 1 aliphatic carbocycles. The third-order valence-corrected chi connectivity index (χ3v) is 5.07. The molecule has 136 valence electrons. The summed E-state index contributed by atoms with van der Waals surface area (Å²) in [5, 5.41) is 5.73. The predicted octanol–water partition coefficient (Wildman–Crippen LogP) is 3.98. The Hall–Kier alpha value is -2.21. The van der Waals surface area contributed by atoms with E-state index >= 15 is 0 Å². The lowest BCUT2D eigenvalue weighted by Crippen LogP contribution is -2.33. The minimum Gasteiger partial charge on any atom is -0.351 e. The molecule has 0 bridgehead atoms. The van der Waals surface area contributed by atoms with E-state index < -0.39 is 11.7 Å². The summed E-state index contributed by atoms with van der Waals surface area (Å²) in [5.41, 5.74) is 1.32. The SMILES string of the molecule is O=C(CCNC(=O)c1cc(F)ccc1Br)NC(c1ccccc1)C1CC1. The maximum atomic E-state index is 13.3. The Morgan fingerprint density at radius 3 is 2.58 bits per heavy atom. The van der Waals surface area contributed by atoms with Crippen molar-refractivity contribution < 1.29 is 14.0 Å². The van der Waals surface area contributed by atoms with E-state index in [-0.39, 0.29) is 30.5 Å². The quantitative estimate of drug-likeness (QED) is 0.714. The summed E-state index contributed by atoms with van der Waals surface area (Å²) >= 11 is 3.23. The fourth-order valence-corrected chi connectivity index (χ4v) is 3.29. The van der Waals surface area contributed by atoms with Crippen LogP contribution in [-0.4, -0.2) is 18.4 Å². The van der Waals surface area contributed by atoms with E-state index in [1.807, 2.05) is 30.3 Å². The Kier molecular flexibility index (Phi) is 6.04. The van der Waals surface area contributed by atoms with Crippen LogP contribution in [0.25, 0.3) is 0 Å². The number of nitrogens with one attached hydrogen (secondary N) is 2. The smallest absolute Gasteiger partial charge is 0.252 e. The number of halogens is 2. The van der Waals surface area contributed by atoms with Gasteiger partial charge in [0.15, 0.2) is 0 Å². The summed E-state index contributed by atoms with van der Waals surface area (Å²) in [6, 6.07) is 13.9. The van der Waals surface area contributed by atoms with Crippen LogP contribution in [0.3, 0.4) is 0 Å². The molecule has 4 nitrogen and oxygen atoms in total. The molecule has 2 aromatic rings. The number of carbonyl (C=O) groups excluding carboxylic acids is 2. The van der Waals surface area contributed by atoms with Gasteiger partial charge >= 0.3 is 0 Å². The Morgan fingerprint density at radius 2 is 1.88 bits per heavy atom. The Balaban J connectivity index is 1.51. The Labute approximate surface area is 160 Å². The molecule has 0 radical (unpaired) electrons. The van der Waals surface area contributed by atoms with Crippen molar-refractivity contribution in [2.24, 2.45) is 5.92 Å². The third kappa shape index (κ3) is 4.91. The van der Waals surface area contributed by atoms with Gasteiger partial charge in [-0.05, 0) is 58.5 Å². The fourth-order valence-electron chi connectivity index (χ4n) is 2.87. The van der Waals surface area contributed by atoms with Gasteiger partial charge in [-0.15, -0.1) is 0 Å². The van der Waals surface area contributed by atoms with Crippen molar-refractivity contribution in [2.45, 2.75) is 25.3 Å². The van der Waals surface area contributed by atoms with Crippen LogP contribution < -0.4 is 10.6 Å². The minimum absolute atomic E-state index is 0.0248. The highest BCUT2D eigenvalue weighted by atomic mass is 79.9. The predicted molar refractivity (Wildman–Crippen MR) is 101 cm³/mol. The van der Waals surface area contributed by atoms with Gasteiger partial charge in [-0.3, -0.25) is 9.59 Å². The first-order valence-corrected chi connectivity index (χ1v) is 9.41. The van der Waals surface area contributed by atoms with Gasteiger partial charge in [0.1, 0.15) is 5.82 Å². The largest absolute Gasteiger partial charge is 0.351 e. The molecular weight excluding hydrogens is 399 g/mol. The highest BCUT2D eigenvalue weighted by Crippen LogP contribution is 2.40. The zero-order valence-electron chi connectivity index (χ0n) is 14.2. The summed E-state index contributed by atoms with van der Waals surface area (Å²) in [5.74, 6) is -0.513. The summed E-state index contributed by atoms with van der Waals surface area (Å²) in [6.07, 6.45) is 2.41. The second-order valence-corrected chi connectivity index (χ2v) is 7.28. The second kappa shape index (κ2) is 8.45. The molecule has 2 N–H and O–H groups in total. The van der Waals surface area contributed by atoms with E-state index in [1.165, 1.54) is 12.1 Å². The highest BCUT2D eigenvalue weighted by Gasteiger charge is 2.33. The lowest BCUT2D eigenvalue weighted by Gasteiger charge is -2.19. The molecule has 3 rings (SSSR count). The van der Waals surface area contributed by atoms with Gasteiger partial charge in [-0.2, -0.15) is 0 Å². The van der Waals surface area contributed by atoms with E-state index in [1.54, 1.807) is 0 Å². The van der Waals surface area contributed by atoms with Crippen molar-refractivity contribution in [2.75, 3.05) is 6.54 Å². The van der Waals surface area contributed by atoms with Crippen LogP contribution in [0.1, 0.15) is 41.2 Å². The average molecular weight is 419 g/mol. The molecule has 0 saturated heterocycles. The van der Waals surface area contributed by atoms with Crippen LogP contribution in [0.15, 0.2) is 53.0 Å². The molecule has 1 fully saturated rings. The van der Waals surface area contributed by atoms with E-state index in [9.17, 15) is 14.0 Å². The van der Waals surface area contributed by atoms with Crippen molar-refractivity contribution in [1.82, 2.24) is 10.6 Å². The Morgan fingerprint density at radius 1 is 1.15 bits per heavy atom. The molecule has 0 aromatic heterocycles. The second-order valence-electron chi connectivity index (χ2n) is 6.42. The van der Waals surface area contributed by atoms with Gasteiger partial charge in [0.25, 0.3) is 5.91 Å². The first-order valence-electron chi connectivity index (χ1n) is 8.62. The Bertz CT molecular complexity index is 794. The molecule has 2 aromatic carbocycles. The van der Waals surface area contributed by atoms with Crippen LogP contribution in [-0.2, 0) is 4.79 Å². The van der Waals surface area contributed by atoms with Gasteiger partial charge < -0.3 is 10.6 Å². The summed E-state index contributed by atoms with van der Waals surface area (Å²) < 4.78 is 13.8. The third-order valence-electron chi connectivity index (χ3n) is 4.38. The molecule has 2 amide bonds. The molecule has 1 aliphatic rings. The molecular formula is C20H20BrFN2O2. The van der Waals surface area contributed by atoms with Gasteiger partial charge in [0, 0.05) is 17.4 Å². The maximum absolute atomic E-state index is 13.3. The molecule has 1 saturated carbocycles. The van der Waals surface area contributed by atoms with Crippen LogP contribution in [0.2, 0.25) is 0 Å². The number of amides is 2. The minimum atomic E-state index is -0.480. The number of hydrogen-bond donors (Lipinski definition) is 2. The van der Waals surface area contributed by atoms with E-state index in [0.29, 0.717) is 10.4 Å². The van der Waals surface area contributed by atoms with Crippen LogP contribution in [0, 0.1) is 11.7 Å². The molecule has 0 heterocycles. The zero-order valence-corrected chi connectivity index (χ0v) is 15.8. The van der Waals surface area contributed by atoms with Crippen LogP contribution in [0.4, 0.5) is 4.39 Å². The van der Waals surface area contributed by atoms with Gasteiger partial charge in [-0.25, -0.2) is 4.39 Å². The maximum Gasteiger partial charge on any atom is 0.252 e. The van der Waals surface area contributed by atoms with Gasteiger partial charge in [0.2, 0.25) is 5.91 Å². The van der Waals surface area contributed by atoms with Gasteiger partial charge in [0.05, 0.1) is 11.6 Å². The van der Waals surface area contributed by atoms with Crippen LogP contribution in [0.5, 0.6) is 0 Å². The molecule has 6 heteroatoms. The normalized spacial score (nSPS) is 14.5. The summed E-state index contributed by atoms with van der Waals surface area (Å²) in [4.78, 5) is 24.4. The van der Waals surface area contributed by atoms with E-state index in [0.717, 1.165) is 24.5 Å². The molecule has 0 aliphatic heterocycles. The van der Waals surface area contributed by atoms with Crippen molar-refractivity contribution in [1.29, 1.82) is 0 Å². The van der Waals surface area contributed by atoms with E-state index in [2.05, 4.69) is 26.6 Å². The monoisotopic (exact) mass is 418 g/mol. The average Bonchev–Trinajstić information content (AvgIpc) is 3.47. The summed E-state index contributed by atoms with van der Waals surface area (Å²) in [7, 11) is 0. The number of rotatable bonds is 7. The molecule has 0 spiro atoms. The molecule has 1 atom stereocenters. The van der Waals surface area contributed by atoms with Crippen molar-refractivity contribution in [3.8, 4) is 0 Å². The van der Waals surface area contributed by atoms with Crippen molar-refractivity contribution in [3.63, 3.8) is 0 Å². The first kappa shape index (κ1) is 18.6. The number of hydrogen-bond acceptors (Lipinski definition) is 2. The van der Waals surface area contributed by atoms with Crippen molar-refractivity contribution in [3.05, 3.63) is 69.9 Å². The zero-order chi connectivity index (χ0) is 18.5. The van der Waals surface area contributed by atoms with Gasteiger partial charge in [-0.1, -0.05) is 30.3 Å². The number of carbonyl (C=O) groups is 2. The highest BCUT2D eigenvalue weighted by molar-refractivity contribution is 9.10. The van der Waals surface area contributed by atoms with Crippen molar-refractivity contribution >= 4 is 27.7 Å². The standard InChI is InChI=1S/C20H20BrFN2O2/c21-17-9-8-15(22)12-16(17)20(26)23-11-10-18(25)24-19(14-6-7-14)13-4-2-1-3-5-13/h1-5,8-9,12,14,19H,6-7,10-11H2,(H,23,26)(H,24,25). The summed E-state index contributed by atoms with van der Waals surface area (Å²) in [6.45, 7) is 0.194. The number of benzene rings is 2. The fraction of sp³-hybridized carbons (Fsp3) is 0.300.